The molecule has 0 bridgehead atoms. The summed E-state index contributed by atoms with van der Waals surface area (Å²) in [5, 5.41) is 4.59. The molecule has 1 N–H and O–H groups in total. The van der Waals surface area contributed by atoms with E-state index in [-0.39, 0.29) is 11.6 Å². The number of nitrogens with zero attached hydrogens (tertiary/aromatic N) is 2. The normalized spacial score (nSPS) is 11.4. The molecule has 3 aromatic rings. The van der Waals surface area contributed by atoms with Gasteiger partial charge < -0.3 is 5.32 Å². The summed E-state index contributed by atoms with van der Waals surface area (Å²) >= 11 is 1.32. The van der Waals surface area contributed by atoms with E-state index < -0.39 is 11.9 Å². The van der Waals surface area contributed by atoms with Crippen molar-refractivity contribution >= 4 is 23.0 Å². The van der Waals surface area contributed by atoms with Crippen LogP contribution in [-0.4, -0.2) is 9.97 Å². The molecule has 0 aliphatic carbocycles. The van der Waals surface area contributed by atoms with E-state index in [4.69, 9.17) is 0 Å². The topological polar surface area (TPSA) is 37.8 Å². The molecule has 0 saturated carbocycles. The Morgan fingerprint density at radius 2 is 1.73 bits per heavy atom. The van der Waals surface area contributed by atoms with E-state index in [0.29, 0.717) is 10.6 Å². The summed E-state index contributed by atoms with van der Waals surface area (Å²) in [6.07, 6.45) is -4.53. The van der Waals surface area contributed by atoms with Crippen LogP contribution in [0.2, 0.25) is 0 Å². The van der Waals surface area contributed by atoms with Gasteiger partial charge in [0.25, 0.3) is 0 Å². The fraction of sp³-hybridized carbons (Fsp3) is 0.0667. The van der Waals surface area contributed by atoms with Crippen molar-refractivity contribution < 1.29 is 13.2 Å². The lowest BCUT2D eigenvalue weighted by Crippen LogP contribution is -2.11. The van der Waals surface area contributed by atoms with Crippen molar-refractivity contribution in [1.82, 2.24) is 9.97 Å². The molecule has 0 amide bonds. The smallest absolute Gasteiger partial charge is 0.324 e. The van der Waals surface area contributed by atoms with Gasteiger partial charge in [0.1, 0.15) is 0 Å². The van der Waals surface area contributed by atoms with E-state index in [1.54, 1.807) is 41.8 Å². The second-order valence-corrected chi connectivity index (χ2v) is 5.38. The van der Waals surface area contributed by atoms with Crippen molar-refractivity contribution in [3.05, 3.63) is 59.6 Å². The second-order valence-electron chi connectivity index (χ2n) is 4.43. The summed E-state index contributed by atoms with van der Waals surface area (Å²) in [5.74, 6) is -0.0792. The van der Waals surface area contributed by atoms with Crippen LogP contribution in [0.5, 0.6) is 0 Å². The number of halogens is 3. The minimum atomic E-state index is -4.53. The van der Waals surface area contributed by atoms with Crippen molar-refractivity contribution in [2.75, 3.05) is 5.32 Å². The lowest BCUT2D eigenvalue weighted by atomic mass is 10.2. The van der Waals surface area contributed by atoms with E-state index in [9.17, 15) is 13.2 Å². The Labute approximate surface area is 128 Å². The predicted octanol–water partition coefficient (Wildman–Crippen LogP) is 4.97. The number of alkyl halides is 3. The average molecular weight is 321 g/mol. The fourth-order valence-electron chi connectivity index (χ4n) is 1.85. The van der Waals surface area contributed by atoms with Gasteiger partial charge in [0.15, 0.2) is 5.69 Å². The van der Waals surface area contributed by atoms with E-state index >= 15 is 0 Å². The molecule has 2 heterocycles. The van der Waals surface area contributed by atoms with E-state index in [1.165, 1.54) is 11.3 Å². The highest BCUT2D eigenvalue weighted by Crippen LogP contribution is 2.32. The lowest BCUT2D eigenvalue weighted by molar-refractivity contribution is -0.141. The van der Waals surface area contributed by atoms with Crippen LogP contribution in [0.4, 0.5) is 24.8 Å². The third-order valence-electron chi connectivity index (χ3n) is 2.82. The van der Waals surface area contributed by atoms with Crippen LogP contribution in [0.1, 0.15) is 5.69 Å². The molecule has 0 aliphatic rings. The SMILES string of the molecule is FC(F)(F)c1cc(-c2cccs2)nc(Nc2ccccc2)n1. The van der Waals surface area contributed by atoms with Crippen LogP contribution in [0.3, 0.4) is 0 Å². The molecule has 0 radical (unpaired) electrons. The summed E-state index contributed by atoms with van der Waals surface area (Å²) < 4.78 is 39.0. The van der Waals surface area contributed by atoms with Crippen LogP contribution in [0.15, 0.2) is 53.9 Å². The highest BCUT2D eigenvalue weighted by atomic mass is 32.1. The maximum atomic E-state index is 13.0. The number of para-hydroxylation sites is 1. The minimum absolute atomic E-state index is 0.0792. The first kappa shape index (κ1) is 14.5. The number of thiophene rings is 1. The van der Waals surface area contributed by atoms with Crippen LogP contribution < -0.4 is 5.32 Å². The minimum Gasteiger partial charge on any atom is -0.324 e. The first-order valence-electron chi connectivity index (χ1n) is 6.34. The molecule has 0 saturated heterocycles. The van der Waals surface area contributed by atoms with Crippen molar-refractivity contribution in [3.63, 3.8) is 0 Å². The molecule has 0 unspecified atom stereocenters. The average Bonchev–Trinajstić information content (AvgIpc) is 3.01. The van der Waals surface area contributed by atoms with Gasteiger partial charge in [-0.05, 0) is 29.6 Å². The first-order valence-corrected chi connectivity index (χ1v) is 7.22. The number of hydrogen-bond donors (Lipinski definition) is 1. The molecular weight excluding hydrogens is 311 g/mol. The summed E-state index contributed by atoms with van der Waals surface area (Å²) in [7, 11) is 0. The third kappa shape index (κ3) is 3.25. The summed E-state index contributed by atoms with van der Waals surface area (Å²) in [6.45, 7) is 0. The maximum Gasteiger partial charge on any atom is 0.433 e. The van der Waals surface area contributed by atoms with Crippen LogP contribution in [0, 0.1) is 0 Å². The van der Waals surface area contributed by atoms with Gasteiger partial charge in [0, 0.05) is 5.69 Å². The molecule has 0 aliphatic heterocycles. The zero-order chi connectivity index (χ0) is 15.6. The summed E-state index contributed by atoms with van der Waals surface area (Å²) in [5.41, 5.74) is -0.0981. The molecule has 3 rings (SSSR count). The molecule has 3 nitrogen and oxygen atoms in total. The molecule has 7 heteroatoms. The van der Waals surface area contributed by atoms with Gasteiger partial charge >= 0.3 is 6.18 Å². The number of nitrogens with one attached hydrogen (secondary N) is 1. The molecule has 1 aromatic carbocycles. The number of rotatable bonds is 3. The van der Waals surface area contributed by atoms with Gasteiger partial charge in [0.2, 0.25) is 5.95 Å². The van der Waals surface area contributed by atoms with E-state index in [0.717, 1.165) is 6.07 Å². The van der Waals surface area contributed by atoms with Gasteiger partial charge in [-0.25, -0.2) is 9.97 Å². The van der Waals surface area contributed by atoms with Gasteiger partial charge in [-0.3, -0.25) is 0 Å². The summed E-state index contributed by atoms with van der Waals surface area (Å²) in [6, 6.07) is 13.3. The standard InChI is InChI=1S/C15H10F3N3S/c16-15(17,18)13-9-11(12-7-4-8-22-12)20-14(21-13)19-10-5-2-1-3-6-10/h1-9H,(H,19,20,21). The van der Waals surface area contributed by atoms with Crippen molar-refractivity contribution in [1.29, 1.82) is 0 Å². The van der Waals surface area contributed by atoms with Gasteiger partial charge in [-0.1, -0.05) is 24.3 Å². The van der Waals surface area contributed by atoms with Gasteiger partial charge in [-0.2, -0.15) is 13.2 Å². The molecular formula is C15H10F3N3S. The van der Waals surface area contributed by atoms with Gasteiger partial charge in [-0.15, -0.1) is 11.3 Å². The van der Waals surface area contributed by atoms with E-state index in [1.807, 2.05) is 6.07 Å². The Bertz CT molecular complexity index is 755. The quantitative estimate of drug-likeness (QED) is 0.740. The maximum absolute atomic E-state index is 13.0. The van der Waals surface area contributed by atoms with Gasteiger partial charge in [0.05, 0.1) is 10.6 Å². The summed E-state index contributed by atoms with van der Waals surface area (Å²) in [4.78, 5) is 8.40. The Balaban J connectivity index is 2.04. The fourth-order valence-corrected chi connectivity index (χ4v) is 2.54. The van der Waals surface area contributed by atoms with Crippen molar-refractivity contribution in [2.24, 2.45) is 0 Å². The van der Waals surface area contributed by atoms with Crippen LogP contribution in [-0.2, 0) is 6.18 Å². The number of anilines is 2. The van der Waals surface area contributed by atoms with Crippen LogP contribution in [0.25, 0.3) is 10.6 Å². The van der Waals surface area contributed by atoms with Crippen molar-refractivity contribution in [3.8, 4) is 10.6 Å². The molecule has 0 atom stereocenters. The molecule has 0 fully saturated rings. The monoisotopic (exact) mass is 321 g/mol. The predicted molar refractivity (Wildman–Crippen MR) is 80.1 cm³/mol. The molecule has 0 spiro atoms. The van der Waals surface area contributed by atoms with Crippen LogP contribution >= 0.6 is 11.3 Å². The molecule has 2 aromatic heterocycles. The Kier molecular flexibility index (Phi) is 3.81. The zero-order valence-electron chi connectivity index (χ0n) is 11.1. The number of aromatic nitrogens is 2. The number of benzene rings is 1. The molecule has 112 valence electrons. The van der Waals surface area contributed by atoms with Crippen molar-refractivity contribution in [2.45, 2.75) is 6.18 Å². The number of hydrogen-bond acceptors (Lipinski definition) is 4. The Hall–Kier alpha value is -2.41. The Morgan fingerprint density at radius 1 is 0.955 bits per heavy atom. The Morgan fingerprint density at radius 3 is 2.36 bits per heavy atom. The second kappa shape index (κ2) is 5.76. The largest absolute Gasteiger partial charge is 0.433 e. The zero-order valence-corrected chi connectivity index (χ0v) is 11.9. The highest BCUT2D eigenvalue weighted by Gasteiger charge is 2.34. The first-order chi connectivity index (χ1) is 10.5. The lowest BCUT2D eigenvalue weighted by Gasteiger charge is -2.11. The highest BCUT2D eigenvalue weighted by molar-refractivity contribution is 7.13. The van der Waals surface area contributed by atoms with E-state index in [2.05, 4.69) is 15.3 Å². The third-order valence-corrected chi connectivity index (χ3v) is 3.71. The molecule has 22 heavy (non-hydrogen) atoms.